The molecule has 0 fully saturated rings. The first kappa shape index (κ1) is 25.3. The van der Waals surface area contributed by atoms with Gasteiger partial charge in [-0.05, 0) is 51.6 Å². The Labute approximate surface area is 130 Å². The van der Waals surface area contributed by atoms with Crippen molar-refractivity contribution in [1.29, 1.82) is 0 Å². The molecule has 1 unspecified atom stereocenters. The molecule has 0 aromatic rings. The maximum absolute atomic E-state index is 6.29. The van der Waals surface area contributed by atoms with Crippen LogP contribution in [0.3, 0.4) is 0 Å². The predicted molar refractivity (Wildman–Crippen MR) is 96.7 cm³/mol. The maximum atomic E-state index is 6.29. The van der Waals surface area contributed by atoms with Crippen LogP contribution >= 0.6 is 0 Å². The second kappa shape index (κ2) is 11.9. The smallest absolute Gasteiger partial charge is 0.173 e. The molecule has 1 atom stereocenters. The van der Waals surface area contributed by atoms with Gasteiger partial charge in [-0.2, -0.15) is 0 Å². The van der Waals surface area contributed by atoms with Crippen LogP contribution in [0.15, 0.2) is 0 Å². The summed E-state index contributed by atoms with van der Waals surface area (Å²) >= 11 is 0. The fraction of sp³-hybridized carbons (Fsp3) is 1.00. The molecule has 3 nitrogen and oxygen atoms in total. The van der Waals surface area contributed by atoms with E-state index in [9.17, 15) is 0 Å². The van der Waals surface area contributed by atoms with Crippen molar-refractivity contribution in [2.45, 2.75) is 79.5 Å². The highest BCUT2D eigenvalue weighted by molar-refractivity contribution is 6.84. The molecule has 0 saturated carbocycles. The molecule has 0 N–H and O–H groups in total. The first-order valence-corrected chi connectivity index (χ1v) is 13.5. The van der Waals surface area contributed by atoms with Gasteiger partial charge in [0.15, 0.2) is 16.6 Å². The average Bonchev–Trinajstić information content (AvgIpc) is 2.20. The van der Waals surface area contributed by atoms with Crippen LogP contribution in [-0.4, -0.2) is 43.1 Å². The molecule has 0 amide bonds. The molecule has 0 aliphatic heterocycles. The molecular weight excluding hydrogens is 284 g/mol. The third kappa shape index (κ3) is 14.7. The third-order valence-corrected chi connectivity index (χ3v) is 8.96. The van der Waals surface area contributed by atoms with Gasteiger partial charge in [-0.15, -0.1) is 0 Å². The maximum Gasteiger partial charge on any atom is 0.173 e. The van der Waals surface area contributed by atoms with Crippen LogP contribution in [0.4, 0.5) is 0 Å². The predicted octanol–water partition coefficient (Wildman–Crippen LogP) is 5.15. The van der Waals surface area contributed by atoms with Gasteiger partial charge in [-0.25, -0.2) is 0 Å². The highest BCUT2D eigenvalue weighted by Crippen LogP contribution is 2.19. The minimum atomic E-state index is -1.48. The molecule has 0 spiro atoms. The summed E-state index contributed by atoms with van der Waals surface area (Å²) in [7, 11) is -1.13. The average molecular weight is 325 g/mol. The van der Waals surface area contributed by atoms with Crippen molar-refractivity contribution < 1.29 is 13.6 Å². The van der Waals surface area contributed by atoms with E-state index in [1.54, 1.807) is 7.11 Å². The molecule has 0 aromatic carbocycles. The van der Waals surface area contributed by atoms with E-state index >= 15 is 0 Å². The van der Waals surface area contributed by atoms with Crippen LogP contribution in [0.1, 0.15) is 34.6 Å². The molecule has 0 aromatic heterocycles. The first-order chi connectivity index (χ1) is 8.20. The van der Waals surface area contributed by atoms with E-state index in [0.717, 1.165) is 19.4 Å². The molecular formula is C15H40O3Si2. The summed E-state index contributed by atoms with van der Waals surface area (Å²) in [6.45, 7) is 15.1. The van der Waals surface area contributed by atoms with Crippen molar-refractivity contribution in [3.63, 3.8) is 0 Å². The quantitative estimate of drug-likeness (QED) is 0.411. The molecule has 0 radical (unpaired) electrons. The third-order valence-electron chi connectivity index (χ3n) is 2.74. The summed E-state index contributed by atoms with van der Waals surface area (Å²) in [6, 6.07) is 1.18. The van der Waals surface area contributed by atoms with Crippen LogP contribution in [-0.2, 0) is 13.6 Å². The monoisotopic (exact) mass is 324 g/mol. The second-order valence-corrected chi connectivity index (χ2v) is 15.5. The van der Waals surface area contributed by atoms with Crippen molar-refractivity contribution in [3.8, 4) is 0 Å². The zero-order chi connectivity index (χ0) is 14.2. The van der Waals surface area contributed by atoms with E-state index < -0.39 is 16.6 Å². The lowest BCUT2D eigenvalue weighted by Crippen LogP contribution is -2.42. The summed E-state index contributed by atoms with van der Waals surface area (Å²) in [6.07, 6.45) is 2.35. The number of ether oxygens (including phenoxy) is 2. The molecule has 5 heteroatoms. The standard InChI is InChI=1S/C13H32O3Si2.2CH4/c1-8-13(14-2)12-15-10-9-11-18(6,7)16-17(3,4)5;;/h13H,8-12H2,1-7H3;2*1H4. The summed E-state index contributed by atoms with van der Waals surface area (Å²) in [4.78, 5) is 0. The van der Waals surface area contributed by atoms with Crippen molar-refractivity contribution in [1.82, 2.24) is 0 Å². The van der Waals surface area contributed by atoms with Crippen LogP contribution in [0.2, 0.25) is 38.8 Å². The van der Waals surface area contributed by atoms with Gasteiger partial charge in [0, 0.05) is 13.7 Å². The molecule has 0 rings (SSSR count). The van der Waals surface area contributed by atoms with Gasteiger partial charge in [0.2, 0.25) is 0 Å². The van der Waals surface area contributed by atoms with Crippen molar-refractivity contribution in [3.05, 3.63) is 0 Å². The van der Waals surface area contributed by atoms with E-state index in [4.69, 9.17) is 13.6 Å². The zero-order valence-electron chi connectivity index (χ0n) is 13.3. The lowest BCUT2D eigenvalue weighted by molar-refractivity contribution is 0.00700. The number of hydrogen-bond acceptors (Lipinski definition) is 3. The fourth-order valence-electron chi connectivity index (χ4n) is 2.05. The Morgan fingerprint density at radius 1 is 1.00 bits per heavy atom. The zero-order valence-corrected chi connectivity index (χ0v) is 15.3. The Balaban J connectivity index is -0.00000144. The van der Waals surface area contributed by atoms with Crippen molar-refractivity contribution in [2.24, 2.45) is 0 Å². The largest absolute Gasteiger partial charge is 0.456 e. The Morgan fingerprint density at radius 2 is 1.55 bits per heavy atom. The van der Waals surface area contributed by atoms with Crippen LogP contribution in [0.5, 0.6) is 0 Å². The Kier molecular flexibility index (Phi) is 15.1. The van der Waals surface area contributed by atoms with Crippen LogP contribution < -0.4 is 0 Å². The Bertz CT molecular complexity index is 212. The van der Waals surface area contributed by atoms with E-state index in [2.05, 4.69) is 39.7 Å². The van der Waals surface area contributed by atoms with E-state index in [0.29, 0.717) is 6.61 Å². The summed E-state index contributed by atoms with van der Waals surface area (Å²) in [5.74, 6) is 0. The number of methoxy groups -OCH3 is 1. The number of rotatable bonds is 10. The summed E-state index contributed by atoms with van der Waals surface area (Å²) < 4.78 is 17.2. The first-order valence-electron chi connectivity index (χ1n) is 7.01. The molecule has 20 heavy (non-hydrogen) atoms. The van der Waals surface area contributed by atoms with Gasteiger partial charge in [0.05, 0.1) is 12.7 Å². The molecule has 0 bridgehead atoms. The van der Waals surface area contributed by atoms with Gasteiger partial charge < -0.3 is 13.6 Å². The molecule has 0 heterocycles. The minimum Gasteiger partial charge on any atom is -0.456 e. The van der Waals surface area contributed by atoms with Gasteiger partial charge >= 0.3 is 0 Å². The molecule has 126 valence electrons. The molecule has 0 aliphatic rings. The van der Waals surface area contributed by atoms with Crippen molar-refractivity contribution >= 4 is 16.6 Å². The lowest BCUT2D eigenvalue weighted by Gasteiger charge is -2.31. The van der Waals surface area contributed by atoms with E-state index in [1.165, 1.54) is 6.04 Å². The van der Waals surface area contributed by atoms with Gasteiger partial charge in [0.1, 0.15) is 0 Å². The highest BCUT2D eigenvalue weighted by Gasteiger charge is 2.28. The molecule has 0 saturated heterocycles. The van der Waals surface area contributed by atoms with Crippen LogP contribution in [0, 0.1) is 0 Å². The normalized spacial score (nSPS) is 13.3. The highest BCUT2D eigenvalue weighted by atomic mass is 28.4. The van der Waals surface area contributed by atoms with Gasteiger partial charge in [-0.1, -0.05) is 21.8 Å². The summed E-state index contributed by atoms with van der Waals surface area (Å²) in [5, 5.41) is 0. The van der Waals surface area contributed by atoms with E-state index in [-0.39, 0.29) is 21.0 Å². The number of hydrogen-bond donors (Lipinski definition) is 0. The van der Waals surface area contributed by atoms with Crippen LogP contribution in [0.25, 0.3) is 0 Å². The van der Waals surface area contributed by atoms with E-state index in [1.807, 2.05) is 0 Å². The minimum absolute atomic E-state index is 0. The second-order valence-electron chi connectivity index (χ2n) is 6.42. The Hall–Kier alpha value is 0.314. The van der Waals surface area contributed by atoms with Crippen molar-refractivity contribution in [2.75, 3.05) is 20.3 Å². The SMILES string of the molecule is C.C.CCC(COCCC[Si](C)(C)O[Si](C)(C)C)OC. The lowest BCUT2D eigenvalue weighted by atomic mass is 10.3. The fourth-order valence-corrected chi connectivity index (χ4v) is 10.1. The van der Waals surface area contributed by atoms with Gasteiger partial charge in [-0.3, -0.25) is 0 Å². The molecule has 0 aliphatic carbocycles. The Morgan fingerprint density at radius 3 is 1.95 bits per heavy atom. The summed E-state index contributed by atoms with van der Waals surface area (Å²) in [5.41, 5.74) is 0. The topological polar surface area (TPSA) is 27.7 Å². The van der Waals surface area contributed by atoms with Gasteiger partial charge in [0.25, 0.3) is 0 Å².